The highest BCUT2D eigenvalue weighted by Crippen LogP contribution is 2.28. The Kier molecular flexibility index (Phi) is 6.57. The molecule has 1 aliphatic heterocycles. The van der Waals surface area contributed by atoms with Crippen LogP contribution in [0.25, 0.3) is 10.6 Å². The molecule has 2 unspecified atom stereocenters. The van der Waals surface area contributed by atoms with Crippen molar-refractivity contribution in [3.05, 3.63) is 53.4 Å². The third-order valence-electron chi connectivity index (χ3n) is 5.30. The first-order valence-electron chi connectivity index (χ1n) is 10.7. The Bertz CT molecular complexity index is 1080. The summed E-state index contributed by atoms with van der Waals surface area (Å²) in [5.74, 6) is 1.16. The van der Waals surface area contributed by atoms with Gasteiger partial charge in [-0.05, 0) is 48.6 Å². The summed E-state index contributed by atoms with van der Waals surface area (Å²) in [5.41, 5.74) is 1.23. The number of hydrogen-bond donors (Lipinski definition) is 3. The third-order valence-corrected chi connectivity index (χ3v) is 6.20. The van der Waals surface area contributed by atoms with Crippen LogP contribution >= 0.6 is 11.3 Å². The van der Waals surface area contributed by atoms with E-state index in [2.05, 4.69) is 29.8 Å². The average molecular weight is 454 g/mol. The van der Waals surface area contributed by atoms with Crippen molar-refractivity contribution in [2.24, 2.45) is 5.92 Å². The van der Waals surface area contributed by atoms with Crippen molar-refractivity contribution in [3.8, 4) is 16.3 Å². The molecule has 4 rings (SSSR count). The molecule has 3 heterocycles. The van der Waals surface area contributed by atoms with Gasteiger partial charge in [0.15, 0.2) is 6.29 Å². The Balaban J connectivity index is 1.63. The molecular weight excluding hydrogens is 426 g/mol. The van der Waals surface area contributed by atoms with Gasteiger partial charge in [-0.25, -0.2) is 4.68 Å². The number of anilines is 1. The molecule has 0 spiro atoms. The minimum Gasteiger partial charge on any atom is -0.494 e. The van der Waals surface area contributed by atoms with E-state index in [1.807, 2.05) is 30.5 Å². The fourth-order valence-corrected chi connectivity index (χ4v) is 4.24. The van der Waals surface area contributed by atoms with Gasteiger partial charge >= 0.3 is 0 Å². The molecule has 3 N–H and O–H groups in total. The lowest BCUT2D eigenvalue weighted by atomic mass is 9.99. The summed E-state index contributed by atoms with van der Waals surface area (Å²) in [6, 6.07) is 12.7. The molecule has 3 aromatic rings. The van der Waals surface area contributed by atoms with Crippen molar-refractivity contribution < 1.29 is 14.3 Å². The molecule has 1 fully saturated rings. The molecule has 32 heavy (non-hydrogen) atoms. The topological polar surface area (TPSA) is 97.3 Å². The SMILES string of the molecule is CCOc1ccc(C(=O)Nc2cc(-c3cccs3)nn2C2NC(=O)CC(C(C)C)N2)cc1. The molecule has 0 bridgehead atoms. The molecule has 168 valence electrons. The second-order valence-corrected chi connectivity index (χ2v) is 8.89. The van der Waals surface area contributed by atoms with Gasteiger partial charge in [0.2, 0.25) is 5.91 Å². The molecule has 1 aliphatic rings. The van der Waals surface area contributed by atoms with Gasteiger partial charge in [-0.15, -0.1) is 11.3 Å². The van der Waals surface area contributed by atoms with Crippen molar-refractivity contribution in [2.75, 3.05) is 11.9 Å². The molecule has 2 amide bonds. The first kappa shape index (κ1) is 22.0. The zero-order valence-electron chi connectivity index (χ0n) is 18.3. The van der Waals surface area contributed by atoms with Crippen LogP contribution in [0.4, 0.5) is 5.82 Å². The number of nitrogens with zero attached hydrogens (tertiary/aromatic N) is 2. The van der Waals surface area contributed by atoms with Crippen LogP contribution in [0.5, 0.6) is 5.75 Å². The number of carbonyl (C=O) groups is 2. The molecule has 0 aliphatic carbocycles. The van der Waals surface area contributed by atoms with E-state index in [4.69, 9.17) is 9.84 Å². The maximum atomic E-state index is 13.0. The number of thiophene rings is 1. The van der Waals surface area contributed by atoms with Crippen LogP contribution in [0.15, 0.2) is 47.8 Å². The van der Waals surface area contributed by atoms with E-state index in [-0.39, 0.29) is 23.8 Å². The van der Waals surface area contributed by atoms with Crippen LogP contribution in [0.3, 0.4) is 0 Å². The Morgan fingerprint density at radius 1 is 1.31 bits per heavy atom. The normalized spacial score (nSPS) is 18.4. The molecule has 0 radical (unpaired) electrons. The van der Waals surface area contributed by atoms with E-state index in [1.54, 1.807) is 40.3 Å². The van der Waals surface area contributed by atoms with Gasteiger partial charge in [0.1, 0.15) is 17.3 Å². The largest absolute Gasteiger partial charge is 0.494 e. The van der Waals surface area contributed by atoms with Crippen molar-refractivity contribution in [1.29, 1.82) is 0 Å². The van der Waals surface area contributed by atoms with E-state index in [0.29, 0.717) is 30.2 Å². The van der Waals surface area contributed by atoms with Gasteiger partial charge in [-0.3, -0.25) is 14.9 Å². The zero-order chi connectivity index (χ0) is 22.7. The Labute approximate surface area is 191 Å². The van der Waals surface area contributed by atoms with Crippen LogP contribution in [-0.2, 0) is 4.79 Å². The standard InChI is InChI=1S/C23H27N5O3S/c1-4-31-16-9-7-15(8-10-16)22(30)25-20-12-18(19-6-5-11-32-19)27-28(20)23-24-17(14(2)3)13-21(29)26-23/h5-12,14,17,23-24H,4,13H2,1-3H3,(H,25,30)(H,26,29). The molecular formula is C23H27N5O3S. The first-order chi connectivity index (χ1) is 15.4. The van der Waals surface area contributed by atoms with Crippen LogP contribution in [0, 0.1) is 5.92 Å². The molecule has 2 atom stereocenters. The minimum absolute atomic E-state index is 0.0119. The molecule has 9 heteroatoms. The summed E-state index contributed by atoms with van der Waals surface area (Å²) < 4.78 is 7.08. The van der Waals surface area contributed by atoms with Crippen LogP contribution < -0.4 is 20.7 Å². The summed E-state index contributed by atoms with van der Waals surface area (Å²) in [6.07, 6.45) is -0.158. The number of nitrogens with one attached hydrogen (secondary N) is 3. The number of ether oxygens (including phenoxy) is 1. The van der Waals surface area contributed by atoms with Crippen molar-refractivity contribution in [1.82, 2.24) is 20.4 Å². The Hall–Kier alpha value is -3.17. The summed E-state index contributed by atoms with van der Waals surface area (Å²) in [5, 5.41) is 16.0. The molecule has 8 nitrogen and oxygen atoms in total. The predicted octanol–water partition coefficient (Wildman–Crippen LogP) is 3.85. The van der Waals surface area contributed by atoms with Gasteiger partial charge in [0, 0.05) is 24.1 Å². The van der Waals surface area contributed by atoms with E-state index in [0.717, 1.165) is 10.6 Å². The smallest absolute Gasteiger partial charge is 0.256 e. The second-order valence-electron chi connectivity index (χ2n) is 7.94. The highest BCUT2D eigenvalue weighted by molar-refractivity contribution is 7.13. The lowest BCUT2D eigenvalue weighted by molar-refractivity contribution is -0.126. The van der Waals surface area contributed by atoms with Gasteiger partial charge < -0.3 is 15.4 Å². The predicted molar refractivity (Wildman–Crippen MR) is 125 cm³/mol. The summed E-state index contributed by atoms with van der Waals surface area (Å²) >= 11 is 1.56. The molecule has 0 saturated carbocycles. The number of aromatic nitrogens is 2. The Morgan fingerprint density at radius 3 is 2.75 bits per heavy atom. The van der Waals surface area contributed by atoms with Crippen molar-refractivity contribution in [3.63, 3.8) is 0 Å². The molecule has 2 aromatic heterocycles. The zero-order valence-corrected chi connectivity index (χ0v) is 19.1. The van der Waals surface area contributed by atoms with Crippen LogP contribution in [-0.4, -0.2) is 34.2 Å². The Morgan fingerprint density at radius 2 is 2.09 bits per heavy atom. The monoisotopic (exact) mass is 453 g/mol. The minimum atomic E-state index is -0.562. The van der Waals surface area contributed by atoms with Crippen molar-refractivity contribution >= 4 is 29.0 Å². The van der Waals surface area contributed by atoms with Gasteiger partial charge in [0.05, 0.1) is 11.5 Å². The lowest BCUT2D eigenvalue weighted by Gasteiger charge is -2.34. The summed E-state index contributed by atoms with van der Waals surface area (Å²) in [4.78, 5) is 26.3. The second kappa shape index (κ2) is 9.54. The van der Waals surface area contributed by atoms with Gasteiger partial charge in [-0.1, -0.05) is 19.9 Å². The highest BCUT2D eigenvalue weighted by Gasteiger charge is 2.31. The molecule has 1 saturated heterocycles. The van der Waals surface area contributed by atoms with Gasteiger partial charge in [-0.2, -0.15) is 5.10 Å². The maximum absolute atomic E-state index is 13.0. The first-order valence-corrected chi connectivity index (χ1v) is 11.6. The number of rotatable bonds is 7. The van der Waals surface area contributed by atoms with Crippen LogP contribution in [0.1, 0.15) is 43.8 Å². The number of amides is 2. The molecule has 1 aromatic carbocycles. The van der Waals surface area contributed by atoms with Crippen molar-refractivity contribution in [2.45, 2.75) is 39.5 Å². The summed E-state index contributed by atoms with van der Waals surface area (Å²) in [6.45, 7) is 6.62. The number of hydrogen-bond acceptors (Lipinski definition) is 6. The van der Waals surface area contributed by atoms with Gasteiger partial charge in [0.25, 0.3) is 5.91 Å². The van der Waals surface area contributed by atoms with Crippen LogP contribution in [0.2, 0.25) is 0 Å². The number of carbonyl (C=O) groups excluding carboxylic acids is 2. The maximum Gasteiger partial charge on any atom is 0.256 e. The van der Waals surface area contributed by atoms with E-state index in [9.17, 15) is 9.59 Å². The lowest BCUT2D eigenvalue weighted by Crippen LogP contribution is -2.55. The number of benzene rings is 1. The summed E-state index contributed by atoms with van der Waals surface area (Å²) in [7, 11) is 0. The third kappa shape index (κ3) is 4.84. The highest BCUT2D eigenvalue weighted by atomic mass is 32.1. The van der Waals surface area contributed by atoms with E-state index in [1.165, 1.54) is 0 Å². The fraction of sp³-hybridized carbons (Fsp3) is 0.348. The quantitative estimate of drug-likeness (QED) is 0.505. The fourth-order valence-electron chi connectivity index (χ4n) is 3.56. The average Bonchev–Trinajstić information content (AvgIpc) is 3.44. The van der Waals surface area contributed by atoms with E-state index >= 15 is 0 Å². The van der Waals surface area contributed by atoms with E-state index < -0.39 is 6.29 Å².